The van der Waals surface area contributed by atoms with Gasteiger partial charge in [0.15, 0.2) is 11.5 Å². The molecular weight excluding hydrogens is 303 g/mol. The second kappa shape index (κ2) is 5.56. The number of nitrogen functional groups attached to an aromatic ring is 1. The fourth-order valence-corrected chi connectivity index (χ4v) is 2.45. The number of Topliss-reactive ketones (excluding diaryl/α,β-unsaturated/α-hetero) is 1. The minimum atomic E-state index is -4.84. The fourth-order valence-electron chi connectivity index (χ4n) is 2.45. The lowest BCUT2D eigenvalue weighted by Crippen LogP contribution is -2.28. The van der Waals surface area contributed by atoms with Crippen LogP contribution in [0.25, 0.3) is 0 Å². The molecule has 0 saturated carbocycles. The van der Waals surface area contributed by atoms with Crippen molar-refractivity contribution < 1.29 is 27.5 Å². The van der Waals surface area contributed by atoms with Gasteiger partial charge in [0.05, 0.1) is 22.5 Å². The summed E-state index contributed by atoms with van der Waals surface area (Å²) in [4.78, 5) is 27.2. The molecule has 1 aliphatic rings. The van der Waals surface area contributed by atoms with Crippen LogP contribution in [0.1, 0.15) is 44.9 Å². The molecule has 120 valence electrons. The first kappa shape index (κ1) is 16.2. The Bertz CT molecular complexity index is 638. The van der Waals surface area contributed by atoms with Gasteiger partial charge in [-0.15, -0.1) is 0 Å². The van der Waals surface area contributed by atoms with Crippen molar-refractivity contribution in [3.63, 3.8) is 0 Å². The maximum Gasteiger partial charge on any atom is 0.418 e. The van der Waals surface area contributed by atoms with Crippen molar-refractivity contribution >= 4 is 17.4 Å². The van der Waals surface area contributed by atoms with E-state index >= 15 is 0 Å². The van der Waals surface area contributed by atoms with Gasteiger partial charge in [0.25, 0.3) is 5.91 Å². The van der Waals surface area contributed by atoms with Gasteiger partial charge in [-0.25, -0.2) is 4.98 Å². The van der Waals surface area contributed by atoms with Crippen LogP contribution >= 0.6 is 0 Å². The minimum absolute atomic E-state index is 0.282. The fraction of sp³-hybridized carbons (Fsp3) is 0.462. The molecule has 1 aromatic rings. The van der Waals surface area contributed by atoms with E-state index in [1.807, 2.05) is 0 Å². The normalized spacial score (nSPS) is 18.5. The molecule has 1 aromatic heterocycles. The van der Waals surface area contributed by atoms with E-state index in [1.165, 1.54) is 0 Å². The third-order valence-corrected chi connectivity index (χ3v) is 3.40. The summed E-state index contributed by atoms with van der Waals surface area (Å²) in [5, 5.41) is 0. The van der Waals surface area contributed by atoms with Crippen LogP contribution in [0.4, 0.5) is 18.9 Å². The van der Waals surface area contributed by atoms with Crippen LogP contribution in [0.15, 0.2) is 0 Å². The predicted octanol–water partition coefficient (Wildman–Crippen LogP) is 1.45. The average molecular weight is 317 g/mol. The molecule has 2 rings (SSSR count). The smallest absolute Gasteiger partial charge is 0.396 e. The molecule has 2 heterocycles. The number of anilines is 1. The largest absolute Gasteiger partial charge is 0.418 e. The van der Waals surface area contributed by atoms with Crippen molar-refractivity contribution in [3.05, 3.63) is 22.5 Å². The van der Waals surface area contributed by atoms with E-state index in [1.54, 1.807) is 0 Å². The molecule has 1 saturated heterocycles. The molecule has 1 unspecified atom stereocenters. The van der Waals surface area contributed by atoms with Crippen molar-refractivity contribution in [2.24, 2.45) is 5.73 Å². The van der Waals surface area contributed by atoms with Crippen molar-refractivity contribution in [1.29, 1.82) is 0 Å². The van der Waals surface area contributed by atoms with Crippen LogP contribution in [-0.2, 0) is 10.9 Å². The number of aromatic nitrogens is 1. The Balaban J connectivity index is 2.71. The SMILES string of the molecule is Cc1nc(C(N)=O)c(N)c(C(=O)C2CCCO2)c1C(F)(F)F. The van der Waals surface area contributed by atoms with Gasteiger partial charge in [-0.05, 0) is 19.8 Å². The Hall–Kier alpha value is -2.16. The van der Waals surface area contributed by atoms with E-state index < -0.39 is 52.2 Å². The number of hydrogen-bond acceptors (Lipinski definition) is 5. The predicted molar refractivity (Wildman–Crippen MR) is 70.2 cm³/mol. The molecule has 0 bridgehead atoms. The molecular formula is C13H14F3N3O3. The second-order valence-corrected chi connectivity index (χ2v) is 4.94. The standard InChI is InChI=1S/C13H14F3N3O3/c1-5-8(13(14,15)16)7(9(17)10(19-5)12(18)21)11(20)6-3-2-4-22-6/h6H,2-4,17H2,1H3,(H2,18,21). The number of nitrogens with zero attached hydrogens (tertiary/aromatic N) is 1. The Kier molecular flexibility index (Phi) is 4.10. The first-order chi connectivity index (χ1) is 10.1. The van der Waals surface area contributed by atoms with Crippen LogP contribution in [-0.4, -0.2) is 29.4 Å². The van der Waals surface area contributed by atoms with Crippen LogP contribution in [0.5, 0.6) is 0 Å². The van der Waals surface area contributed by atoms with Crippen molar-refractivity contribution in [1.82, 2.24) is 4.98 Å². The van der Waals surface area contributed by atoms with Crippen LogP contribution in [0.2, 0.25) is 0 Å². The van der Waals surface area contributed by atoms with Crippen LogP contribution in [0.3, 0.4) is 0 Å². The molecule has 4 N–H and O–H groups in total. The number of halogens is 3. The lowest BCUT2D eigenvalue weighted by atomic mass is 9.94. The Morgan fingerprint density at radius 1 is 1.36 bits per heavy atom. The molecule has 9 heteroatoms. The van der Waals surface area contributed by atoms with Gasteiger partial charge in [0.1, 0.15) is 6.10 Å². The lowest BCUT2D eigenvalue weighted by Gasteiger charge is -2.19. The summed E-state index contributed by atoms with van der Waals surface area (Å²) in [6.45, 7) is 1.32. The van der Waals surface area contributed by atoms with Gasteiger partial charge in [0.2, 0.25) is 0 Å². The number of ether oxygens (including phenoxy) is 1. The summed E-state index contributed by atoms with van der Waals surface area (Å²) in [5.74, 6) is -2.01. The number of carbonyl (C=O) groups is 2. The molecule has 0 spiro atoms. The van der Waals surface area contributed by atoms with Gasteiger partial charge in [-0.1, -0.05) is 0 Å². The summed E-state index contributed by atoms with van der Waals surface area (Å²) >= 11 is 0. The first-order valence-electron chi connectivity index (χ1n) is 6.47. The highest BCUT2D eigenvalue weighted by Crippen LogP contribution is 2.38. The number of alkyl halides is 3. The molecule has 0 aromatic carbocycles. The Labute approximate surface area is 123 Å². The highest BCUT2D eigenvalue weighted by molar-refractivity contribution is 6.09. The summed E-state index contributed by atoms with van der Waals surface area (Å²) in [6, 6.07) is 0. The zero-order valence-electron chi connectivity index (χ0n) is 11.7. The minimum Gasteiger partial charge on any atom is -0.396 e. The summed E-state index contributed by atoms with van der Waals surface area (Å²) in [7, 11) is 0. The lowest BCUT2D eigenvalue weighted by molar-refractivity contribution is -0.138. The number of amides is 1. The number of rotatable bonds is 3. The zero-order valence-corrected chi connectivity index (χ0v) is 11.7. The van der Waals surface area contributed by atoms with Crippen LogP contribution < -0.4 is 11.5 Å². The highest BCUT2D eigenvalue weighted by atomic mass is 19.4. The molecule has 6 nitrogen and oxygen atoms in total. The number of primary amides is 1. The number of carbonyl (C=O) groups excluding carboxylic acids is 2. The molecule has 1 aliphatic heterocycles. The molecule has 1 atom stereocenters. The van der Waals surface area contributed by atoms with E-state index in [0.717, 1.165) is 6.92 Å². The topological polar surface area (TPSA) is 108 Å². The number of ketones is 1. The third-order valence-electron chi connectivity index (χ3n) is 3.40. The number of nitrogens with two attached hydrogens (primary N) is 2. The molecule has 0 aliphatic carbocycles. The number of hydrogen-bond donors (Lipinski definition) is 2. The highest BCUT2D eigenvalue weighted by Gasteiger charge is 2.42. The molecule has 1 fully saturated rings. The second-order valence-electron chi connectivity index (χ2n) is 4.94. The number of aryl methyl sites for hydroxylation is 1. The van der Waals surface area contributed by atoms with Crippen molar-refractivity contribution in [2.75, 3.05) is 12.3 Å². The monoisotopic (exact) mass is 317 g/mol. The Morgan fingerprint density at radius 3 is 2.45 bits per heavy atom. The average Bonchev–Trinajstić information content (AvgIpc) is 2.91. The van der Waals surface area contributed by atoms with E-state index in [2.05, 4.69) is 4.98 Å². The maximum atomic E-state index is 13.3. The van der Waals surface area contributed by atoms with Crippen molar-refractivity contribution in [2.45, 2.75) is 32.0 Å². The van der Waals surface area contributed by atoms with E-state index in [-0.39, 0.29) is 6.61 Å². The van der Waals surface area contributed by atoms with E-state index in [4.69, 9.17) is 16.2 Å². The Morgan fingerprint density at radius 2 is 2.00 bits per heavy atom. The van der Waals surface area contributed by atoms with Gasteiger partial charge in [-0.3, -0.25) is 9.59 Å². The summed E-state index contributed by atoms with van der Waals surface area (Å²) in [5.41, 5.74) is 6.85. The van der Waals surface area contributed by atoms with Gasteiger partial charge < -0.3 is 16.2 Å². The number of pyridine rings is 1. The van der Waals surface area contributed by atoms with Crippen LogP contribution in [0, 0.1) is 6.92 Å². The molecule has 22 heavy (non-hydrogen) atoms. The third kappa shape index (κ3) is 2.76. The molecule has 1 amide bonds. The summed E-state index contributed by atoms with van der Waals surface area (Å²) < 4.78 is 44.9. The summed E-state index contributed by atoms with van der Waals surface area (Å²) in [6.07, 6.45) is -5.00. The molecule has 0 radical (unpaired) electrons. The van der Waals surface area contributed by atoms with Gasteiger partial charge in [-0.2, -0.15) is 13.2 Å². The van der Waals surface area contributed by atoms with E-state index in [9.17, 15) is 22.8 Å². The van der Waals surface area contributed by atoms with Crippen molar-refractivity contribution in [3.8, 4) is 0 Å². The van der Waals surface area contributed by atoms with Gasteiger partial charge >= 0.3 is 6.18 Å². The maximum absolute atomic E-state index is 13.3. The van der Waals surface area contributed by atoms with Gasteiger partial charge in [0, 0.05) is 6.61 Å². The first-order valence-corrected chi connectivity index (χ1v) is 6.47. The van der Waals surface area contributed by atoms with E-state index in [0.29, 0.717) is 12.8 Å². The quantitative estimate of drug-likeness (QED) is 0.820. The zero-order chi connectivity index (χ0) is 16.7.